The van der Waals surface area contributed by atoms with Gasteiger partial charge in [-0.2, -0.15) is 0 Å². The van der Waals surface area contributed by atoms with Gasteiger partial charge in [-0.15, -0.1) is 0 Å². The SMILES string of the molecule is CN1CCC(N2CCCC(C(=O)N(C)Cc3nccn3C)C2)CC1. The van der Waals surface area contributed by atoms with Crippen LogP contribution in [0.3, 0.4) is 0 Å². The Balaban J connectivity index is 1.55. The Hall–Kier alpha value is -1.40. The van der Waals surface area contributed by atoms with E-state index in [4.69, 9.17) is 0 Å². The van der Waals surface area contributed by atoms with Gasteiger partial charge in [-0.1, -0.05) is 0 Å². The van der Waals surface area contributed by atoms with Crippen LogP contribution in [0, 0.1) is 5.92 Å². The van der Waals surface area contributed by atoms with E-state index < -0.39 is 0 Å². The minimum Gasteiger partial charge on any atom is -0.338 e. The first kappa shape index (κ1) is 17.4. The Morgan fingerprint density at radius 1 is 1.25 bits per heavy atom. The Labute approximate surface area is 145 Å². The summed E-state index contributed by atoms with van der Waals surface area (Å²) in [4.78, 5) is 24.0. The molecule has 1 amide bonds. The fourth-order valence-corrected chi connectivity index (χ4v) is 4.05. The first-order chi connectivity index (χ1) is 11.5. The number of hydrogen-bond acceptors (Lipinski definition) is 4. The molecule has 134 valence electrons. The van der Waals surface area contributed by atoms with Crippen molar-refractivity contribution in [3.05, 3.63) is 18.2 Å². The number of nitrogens with zero attached hydrogens (tertiary/aromatic N) is 5. The van der Waals surface area contributed by atoms with Gasteiger partial charge in [-0.05, 0) is 52.4 Å². The first-order valence-corrected chi connectivity index (χ1v) is 9.18. The predicted octanol–water partition coefficient (Wildman–Crippen LogP) is 1.18. The summed E-state index contributed by atoms with van der Waals surface area (Å²) in [6.45, 7) is 5.03. The highest BCUT2D eigenvalue weighted by atomic mass is 16.2. The van der Waals surface area contributed by atoms with E-state index in [1.807, 2.05) is 29.8 Å². The quantitative estimate of drug-likeness (QED) is 0.830. The largest absolute Gasteiger partial charge is 0.338 e. The zero-order valence-electron chi connectivity index (χ0n) is 15.3. The molecule has 1 aromatic heterocycles. The number of rotatable bonds is 4. The van der Waals surface area contributed by atoms with Gasteiger partial charge in [0.15, 0.2) is 0 Å². The highest BCUT2D eigenvalue weighted by Gasteiger charge is 2.32. The van der Waals surface area contributed by atoms with Gasteiger partial charge >= 0.3 is 0 Å². The molecule has 2 aliphatic rings. The molecule has 3 rings (SSSR count). The second kappa shape index (κ2) is 7.66. The lowest BCUT2D eigenvalue weighted by molar-refractivity contribution is -0.137. The molecule has 0 aromatic carbocycles. The van der Waals surface area contributed by atoms with Crippen LogP contribution >= 0.6 is 0 Å². The molecule has 0 radical (unpaired) electrons. The topological polar surface area (TPSA) is 44.6 Å². The summed E-state index contributed by atoms with van der Waals surface area (Å²) in [7, 11) is 6.08. The van der Waals surface area contributed by atoms with Gasteiger partial charge < -0.3 is 14.4 Å². The van der Waals surface area contributed by atoms with E-state index in [1.54, 1.807) is 6.20 Å². The lowest BCUT2D eigenvalue weighted by atomic mass is 9.93. The van der Waals surface area contributed by atoms with Gasteiger partial charge in [0.05, 0.1) is 12.5 Å². The maximum Gasteiger partial charge on any atom is 0.227 e. The van der Waals surface area contributed by atoms with Gasteiger partial charge in [0.2, 0.25) is 5.91 Å². The third-order valence-electron chi connectivity index (χ3n) is 5.68. The second-order valence-corrected chi connectivity index (χ2v) is 7.52. The Bertz CT molecular complexity index is 549. The van der Waals surface area contributed by atoms with Crippen LogP contribution in [0.25, 0.3) is 0 Å². The molecule has 3 heterocycles. The number of amides is 1. The van der Waals surface area contributed by atoms with Crippen molar-refractivity contribution in [2.24, 2.45) is 13.0 Å². The minimum absolute atomic E-state index is 0.142. The van der Waals surface area contributed by atoms with Crippen molar-refractivity contribution in [1.82, 2.24) is 24.3 Å². The molecular formula is C18H31N5O. The van der Waals surface area contributed by atoms with Crippen molar-refractivity contribution >= 4 is 5.91 Å². The van der Waals surface area contributed by atoms with Gasteiger partial charge in [-0.25, -0.2) is 4.98 Å². The van der Waals surface area contributed by atoms with Gasteiger partial charge in [0.1, 0.15) is 5.82 Å². The zero-order valence-corrected chi connectivity index (χ0v) is 15.3. The predicted molar refractivity (Wildman–Crippen MR) is 94.5 cm³/mol. The Kier molecular flexibility index (Phi) is 5.56. The maximum atomic E-state index is 12.9. The van der Waals surface area contributed by atoms with Gasteiger partial charge in [0, 0.05) is 39.1 Å². The average Bonchev–Trinajstić information content (AvgIpc) is 3.00. The van der Waals surface area contributed by atoms with Crippen molar-refractivity contribution < 1.29 is 4.79 Å². The van der Waals surface area contributed by atoms with Gasteiger partial charge in [-0.3, -0.25) is 9.69 Å². The molecule has 1 atom stereocenters. The van der Waals surface area contributed by atoms with Crippen molar-refractivity contribution in [3.8, 4) is 0 Å². The normalized spacial score (nSPS) is 24.2. The summed E-state index contributed by atoms with van der Waals surface area (Å²) in [5.74, 6) is 1.35. The van der Waals surface area contributed by atoms with E-state index >= 15 is 0 Å². The second-order valence-electron chi connectivity index (χ2n) is 7.52. The summed E-state index contributed by atoms with van der Waals surface area (Å²) in [5, 5.41) is 0. The summed E-state index contributed by atoms with van der Waals surface area (Å²) in [5.41, 5.74) is 0. The maximum absolute atomic E-state index is 12.9. The molecule has 0 spiro atoms. The van der Waals surface area contributed by atoms with E-state index in [0.717, 1.165) is 31.8 Å². The number of carbonyl (C=O) groups is 1. The number of carbonyl (C=O) groups excluding carboxylic acids is 1. The van der Waals surface area contributed by atoms with Crippen molar-refractivity contribution in [1.29, 1.82) is 0 Å². The van der Waals surface area contributed by atoms with Crippen LogP contribution in [0.15, 0.2) is 12.4 Å². The summed E-state index contributed by atoms with van der Waals surface area (Å²) < 4.78 is 1.98. The third kappa shape index (κ3) is 3.98. The highest BCUT2D eigenvalue weighted by molar-refractivity contribution is 5.78. The standard InChI is InChI=1S/C18H31N5O/c1-20-10-6-16(7-11-20)23-9-4-5-15(13-23)18(24)22(3)14-17-19-8-12-21(17)2/h8,12,15-16H,4-7,9-11,13-14H2,1-3H3. The molecule has 2 aliphatic heterocycles. The fourth-order valence-electron chi connectivity index (χ4n) is 4.05. The lowest BCUT2D eigenvalue weighted by Gasteiger charge is -2.41. The van der Waals surface area contributed by atoms with E-state index in [-0.39, 0.29) is 11.8 Å². The molecule has 0 bridgehead atoms. The molecule has 0 saturated carbocycles. The van der Waals surface area contributed by atoms with Crippen LogP contribution in [0.2, 0.25) is 0 Å². The van der Waals surface area contributed by atoms with Crippen molar-refractivity contribution in [2.45, 2.75) is 38.3 Å². The third-order valence-corrected chi connectivity index (χ3v) is 5.68. The molecule has 6 nitrogen and oxygen atoms in total. The molecule has 0 aliphatic carbocycles. The Morgan fingerprint density at radius 3 is 2.67 bits per heavy atom. The van der Waals surface area contributed by atoms with E-state index in [0.29, 0.717) is 12.6 Å². The van der Waals surface area contributed by atoms with Crippen LogP contribution in [-0.2, 0) is 18.4 Å². The molecule has 0 N–H and O–H groups in total. The molecule has 2 fully saturated rings. The molecular weight excluding hydrogens is 302 g/mol. The van der Waals surface area contributed by atoms with Crippen LogP contribution in [-0.4, -0.2) is 76.5 Å². The number of aromatic nitrogens is 2. The molecule has 2 saturated heterocycles. The lowest BCUT2D eigenvalue weighted by Crippen LogP contribution is -2.50. The molecule has 1 unspecified atom stereocenters. The summed E-state index contributed by atoms with van der Waals surface area (Å²) in [6, 6.07) is 0.664. The van der Waals surface area contributed by atoms with Crippen molar-refractivity contribution in [2.75, 3.05) is 40.3 Å². The molecule has 24 heavy (non-hydrogen) atoms. The number of hydrogen-bond donors (Lipinski definition) is 0. The van der Waals surface area contributed by atoms with Crippen LogP contribution in [0.1, 0.15) is 31.5 Å². The van der Waals surface area contributed by atoms with Crippen LogP contribution in [0.5, 0.6) is 0 Å². The van der Waals surface area contributed by atoms with Crippen molar-refractivity contribution in [3.63, 3.8) is 0 Å². The van der Waals surface area contributed by atoms with Crippen LogP contribution in [0.4, 0.5) is 0 Å². The molecule has 6 heteroatoms. The Morgan fingerprint density at radius 2 is 2.00 bits per heavy atom. The average molecular weight is 333 g/mol. The van der Waals surface area contributed by atoms with E-state index in [2.05, 4.69) is 21.8 Å². The fraction of sp³-hybridized carbons (Fsp3) is 0.778. The number of piperidine rings is 2. The highest BCUT2D eigenvalue weighted by Crippen LogP contribution is 2.24. The smallest absolute Gasteiger partial charge is 0.227 e. The number of likely N-dealkylation sites (tertiary alicyclic amines) is 2. The number of aryl methyl sites for hydroxylation is 1. The van der Waals surface area contributed by atoms with E-state index in [9.17, 15) is 4.79 Å². The van der Waals surface area contributed by atoms with E-state index in [1.165, 1.54) is 25.9 Å². The number of imidazole rings is 1. The summed E-state index contributed by atoms with van der Waals surface area (Å²) >= 11 is 0. The minimum atomic E-state index is 0.142. The first-order valence-electron chi connectivity index (χ1n) is 9.18. The zero-order chi connectivity index (χ0) is 17.1. The van der Waals surface area contributed by atoms with Gasteiger partial charge in [0.25, 0.3) is 0 Å². The molecule has 1 aromatic rings. The van der Waals surface area contributed by atoms with Crippen LogP contribution < -0.4 is 0 Å². The monoisotopic (exact) mass is 333 g/mol. The summed E-state index contributed by atoms with van der Waals surface area (Å²) in [6.07, 6.45) is 8.35.